The number of pyridine rings is 1. The Morgan fingerprint density at radius 2 is 2.16 bits per heavy atom. The minimum atomic E-state index is -0.165. The largest absolute Gasteiger partial charge is 0.495 e. The molecule has 6 nitrogen and oxygen atoms in total. The van der Waals surface area contributed by atoms with Crippen molar-refractivity contribution in [3.8, 4) is 5.75 Å². The Labute approximate surface area is 152 Å². The van der Waals surface area contributed by atoms with Gasteiger partial charge < -0.3 is 20.3 Å². The molecule has 0 bridgehead atoms. The number of aromatic nitrogens is 1. The molecule has 132 valence electrons. The van der Waals surface area contributed by atoms with E-state index in [0.717, 1.165) is 36.5 Å². The van der Waals surface area contributed by atoms with Gasteiger partial charge in [0.2, 0.25) is 0 Å². The van der Waals surface area contributed by atoms with Crippen molar-refractivity contribution in [1.82, 2.24) is 15.6 Å². The lowest BCUT2D eigenvalue weighted by molar-refractivity contribution is 0.237. The Kier molecular flexibility index (Phi) is 5.60. The molecule has 0 radical (unpaired) electrons. The first-order valence-corrected chi connectivity index (χ1v) is 8.55. The van der Waals surface area contributed by atoms with Crippen molar-refractivity contribution >= 4 is 23.3 Å². The van der Waals surface area contributed by atoms with Crippen LogP contribution >= 0.6 is 11.6 Å². The van der Waals surface area contributed by atoms with Gasteiger partial charge in [-0.2, -0.15) is 0 Å². The molecule has 2 heterocycles. The second-order valence-corrected chi connectivity index (χ2v) is 6.37. The number of hydrogen-bond donors (Lipinski definition) is 2. The first-order chi connectivity index (χ1) is 12.2. The molecule has 1 unspecified atom stereocenters. The van der Waals surface area contributed by atoms with Crippen LogP contribution in [-0.2, 0) is 6.54 Å². The average molecular weight is 361 g/mol. The number of nitrogens with one attached hydrogen (secondary N) is 2. The van der Waals surface area contributed by atoms with Crippen LogP contribution in [0.3, 0.4) is 0 Å². The first kappa shape index (κ1) is 17.4. The van der Waals surface area contributed by atoms with Crippen LogP contribution in [0, 0.1) is 0 Å². The number of rotatable bonds is 5. The van der Waals surface area contributed by atoms with E-state index in [4.69, 9.17) is 16.3 Å². The van der Waals surface area contributed by atoms with E-state index < -0.39 is 0 Å². The Bertz CT molecular complexity index is 726. The van der Waals surface area contributed by atoms with Gasteiger partial charge in [-0.15, -0.1) is 0 Å². The molecule has 1 aromatic carbocycles. The minimum Gasteiger partial charge on any atom is -0.495 e. The topological polar surface area (TPSA) is 66.5 Å². The van der Waals surface area contributed by atoms with Gasteiger partial charge in [0.05, 0.1) is 12.8 Å². The van der Waals surface area contributed by atoms with Gasteiger partial charge in [-0.05, 0) is 42.3 Å². The molecule has 7 heteroatoms. The van der Waals surface area contributed by atoms with Crippen molar-refractivity contribution in [3.05, 3.63) is 53.3 Å². The molecular weight excluding hydrogens is 340 g/mol. The van der Waals surface area contributed by atoms with Crippen molar-refractivity contribution in [3.63, 3.8) is 0 Å². The molecule has 1 fully saturated rings. The number of anilines is 1. The van der Waals surface area contributed by atoms with E-state index in [1.807, 2.05) is 30.3 Å². The molecule has 3 rings (SSSR count). The Balaban J connectivity index is 1.53. The summed E-state index contributed by atoms with van der Waals surface area (Å²) >= 11 is 6.11. The number of carbonyl (C=O) groups excluding carboxylic acids is 1. The second kappa shape index (κ2) is 8.07. The fourth-order valence-electron chi connectivity index (χ4n) is 2.93. The summed E-state index contributed by atoms with van der Waals surface area (Å²) in [6, 6.07) is 9.24. The maximum Gasteiger partial charge on any atom is 0.315 e. The molecule has 2 aromatic rings. The SMILES string of the molecule is COc1ccc(Cl)cc1N1CCC(NC(=O)NCc2ccncc2)C1. The summed E-state index contributed by atoms with van der Waals surface area (Å²) in [6.45, 7) is 2.04. The van der Waals surface area contributed by atoms with Gasteiger partial charge in [0.15, 0.2) is 0 Å². The van der Waals surface area contributed by atoms with E-state index >= 15 is 0 Å². The number of hydrogen-bond acceptors (Lipinski definition) is 4. The molecule has 25 heavy (non-hydrogen) atoms. The van der Waals surface area contributed by atoms with Crippen molar-refractivity contribution in [2.24, 2.45) is 0 Å². The molecule has 0 saturated carbocycles. The summed E-state index contributed by atoms with van der Waals surface area (Å²) in [7, 11) is 1.64. The number of halogens is 1. The van der Waals surface area contributed by atoms with E-state index in [9.17, 15) is 4.79 Å². The maximum atomic E-state index is 12.1. The van der Waals surface area contributed by atoms with Gasteiger partial charge >= 0.3 is 6.03 Å². The number of carbonyl (C=O) groups is 1. The normalized spacial score (nSPS) is 16.6. The third-order valence-electron chi connectivity index (χ3n) is 4.21. The number of methoxy groups -OCH3 is 1. The fraction of sp³-hybridized carbons (Fsp3) is 0.333. The van der Waals surface area contributed by atoms with Gasteiger partial charge in [-0.1, -0.05) is 11.6 Å². The van der Waals surface area contributed by atoms with Crippen LogP contribution in [0.4, 0.5) is 10.5 Å². The quantitative estimate of drug-likeness (QED) is 0.860. The minimum absolute atomic E-state index is 0.0844. The van der Waals surface area contributed by atoms with E-state index in [1.165, 1.54) is 0 Å². The highest BCUT2D eigenvalue weighted by molar-refractivity contribution is 6.30. The van der Waals surface area contributed by atoms with Crippen LogP contribution in [-0.4, -0.2) is 37.3 Å². The van der Waals surface area contributed by atoms with Gasteiger partial charge in [0, 0.05) is 43.1 Å². The van der Waals surface area contributed by atoms with E-state index in [2.05, 4.69) is 20.5 Å². The van der Waals surface area contributed by atoms with Gasteiger partial charge in [-0.3, -0.25) is 4.98 Å². The molecular formula is C18H21ClN4O2. The monoisotopic (exact) mass is 360 g/mol. The molecule has 0 spiro atoms. The lowest BCUT2D eigenvalue weighted by atomic mass is 10.2. The lowest BCUT2D eigenvalue weighted by Crippen LogP contribution is -2.43. The Morgan fingerprint density at radius 1 is 1.36 bits per heavy atom. The second-order valence-electron chi connectivity index (χ2n) is 5.93. The Hall–Kier alpha value is -2.47. The van der Waals surface area contributed by atoms with Crippen molar-refractivity contribution < 1.29 is 9.53 Å². The number of benzene rings is 1. The fourth-order valence-corrected chi connectivity index (χ4v) is 3.09. The number of nitrogens with zero attached hydrogens (tertiary/aromatic N) is 2. The molecule has 1 atom stereocenters. The van der Waals surface area contributed by atoms with Crippen LogP contribution in [0.25, 0.3) is 0 Å². The molecule has 1 saturated heterocycles. The van der Waals surface area contributed by atoms with Gasteiger partial charge in [0.1, 0.15) is 5.75 Å². The van der Waals surface area contributed by atoms with Crippen molar-refractivity contribution in [2.75, 3.05) is 25.1 Å². The third-order valence-corrected chi connectivity index (χ3v) is 4.44. The maximum absolute atomic E-state index is 12.1. The van der Waals surface area contributed by atoms with E-state index in [-0.39, 0.29) is 12.1 Å². The standard InChI is InChI=1S/C18H21ClN4O2/c1-25-17-3-2-14(19)10-16(17)23-9-6-15(12-23)22-18(24)21-11-13-4-7-20-8-5-13/h2-5,7-8,10,15H,6,9,11-12H2,1H3,(H2,21,22,24). The highest BCUT2D eigenvalue weighted by atomic mass is 35.5. The zero-order valence-corrected chi connectivity index (χ0v) is 14.8. The van der Waals surface area contributed by atoms with Crippen LogP contribution < -0.4 is 20.3 Å². The molecule has 1 aliphatic heterocycles. The average Bonchev–Trinajstić information content (AvgIpc) is 3.09. The number of urea groups is 1. The zero-order valence-electron chi connectivity index (χ0n) is 14.0. The number of ether oxygens (including phenoxy) is 1. The molecule has 2 amide bonds. The van der Waals surface area contributed by atoms with E-state index in [0.29, 0.717) is 11.6 Å². The highest BCUT2D eigenvalue weighted by Crippen LogP contribution is 2.33. The smallest absolute Gasteiger partial charge is 0.315 e. The Morgan fingerprint density at radius 3 is 2.92 bits per heavy atom. The van der Waals surface area contributed by atoms with Crippen LogP contribution in [0.5, 0.6) is 5.75 Å². The third kappa shape index (κ3) is 4.54. The lowest BCUT2D eigenvalue weighted by Gasteiger charge is -2.22. The van der Waals surface area contributed by atoms with Crippen molar-refractivity contribution in [2.45, 2.75) is 19.0 Å². The van der Waals surface area contributed by atoms with Crippen LogP contribution in [0.1, 0.15) is 12.0 Å². The first-order valence-electron chi connectivity index (χ1n) is 8.17. The highest BCUT2D eigenvalue weighted by Gasteiger charge is 2.26. The van der Waals surface area contributed by atoms with E-state index in [1.54, 1.807) is 19.5 Å². The van der Waals surface area contributed by atoms with Gasteiger partial charge in [-0.25, -0.2) is 4.79 Å². The number of amides is 2. The summed E-state index contributed by atoms with van der Waals surface area (Å²) in [5.41, 5.74) is 1.97. The molecule has 0 aliphatic carbocycles. The van der Waals surface area contributed by atoms with Crippen LogP contribution in [0.2, 0.25) is 5.02 Å². The predicted octanol–water partition coefficient (Wildman–Crippen LogP) is 2.82. The summed E-state index contributed by atoms with van der Waals surface area (Å²) < 4.78 is 5.41. The molecule has 1 aliphatic rings. The summed E-state index contributed by atoms with van der Waals surface area (Å²) in [4.78, 5) is 18.2. The molecule has 2 N–H and O–H groups in total. The van der Waals surface area contributed by atoms with Crippen LogP contribution in [0.15, 0.2) is 42.7 Å². The molecule has 1 aromatic heterocycles. The summed E-state index contributed by atoms with van der Waals surface area (Å²) in [5, 5.41) is 6.56. The zero-order chi connectivity index (χ0) is 17.6. The van der Waals surface area contributed by atoms with Gasteiger partial charge in [0.25, 0.3) is 0 Å². The summed E-state index contributed by atoms with van der Waals surface area (Å²) in [6.07, 6.45) is 4.29. The summed E-state index contributed by atoms with van der Waals surface area (Å²) in [5.74, 6) is 0.784. The predicted molar refractivity (Wildman–Crippen MR) is 98.2 cm³/mol. The van der Waals surface area contributed by atoms with Crippen molar-refractivity contribution in [1.29, 1.82) is 0 Å².